The number of methoxy groups -OCH3 is 2. The lowest BCUT2D eigenvalue weighted by atomic mass is 10.0. The van der Waals surface area contributed by atoms with Gasteiger partial charge in [-0.15, -0.1) is 0 Å². The summed E-state index contributed by atoms with van der Waals surface area (Å²) >= 11 is 3.39. The molecule has 7 nitrogen and oxygen atoms in total. The Morgan fingerprint density at radius 1 is 1.21 bits per heavy atom. The van der Waals surface area contributed by atoms with Crippen molar-refractivity contribution in [3.05, 3.63) is 28.2 Å². The van der Waals surface area contributed by atoms with Gasteiger partial charge in [-0.3, -0.25) is 14.4 Å². The molecule has 24 heavy (non-hydrogen) atoms. The average Bonchev–Trinajstić information content (AvgIpc) is 2.54. The smallest absolute Gasteiger partial charge is 0.315 e. The van der Waals surface area contributed by atoms with Crippen molar-refractivity contribution in [3.63, 3.8) is 0 Å². The zero-order chi connectivity index (χ0) is 18.1. The lowest BCUT2D eigenvalue weighted by Crippen LogP contribution is -2.32. The van der Waals surface area contributed by atoms with Crippen LogP contribution < -0.4 is 10.1 Å². The van der Waals surface area contributed by atoms with Gasteiger partial charge >= 0.3 is 11.9 Å². The van der Waals surface area contributed by atoms with Crippen LogP contribution >= 0.6 is 15.9 Å². The molecule has 1 rings (SSSR count). The van der Waals surface area contributed by atoms with E-state index in [9.17, 15) is 14.4 Å². The van der Waals surface area contributed by atoms with Crippen molar-refractivity contribution in [2.24, 2.45) is 0 Å². The van der Waals surface area contributed by atoms with Crippen molar-refractivity contribution >= 4 is 33.8 Å². The molecule has 0 aliphatic rings. The third-order valence-electron chi connectivity index (χ3n) is 3.12. The summed E-state index contributed by atoms with van der Waals surface area (Å²) in [5, 5.41) is 2.65. The number of esters is 2. The molecule has 1 atom stereocenters. The van der Waals surface area contributed by atoms with Gasteiger partial charge in [-0.2, -0.15) is 0 Å². The largest absolute Gasteiger partial charge is 0.497 e. The maximum Gasteiger partial charge on any atom is 0.315 e. The zero-order valence-electron chi connectivity index (χ0n) is 13.8. The van der Waals surface area contributed by atoms with Gasteiger partial charge in [-0.1, -0.05) is 15.9 Å². The Morgan fingerprint density at radius 3 is 2.50 bits per heavy atom. The van der Waals surface area contributed by atoms with Crippen LogP contribution in [0.1, 0.15) is 31.4 Å². The maximum absolute atomic E-state index is 12.0. The number of halogens is 1. The van der Waals surface area contributed by atoms with E-state index in [0.717, 1.165) is 0 Å². The topological polar surface area (TPSA) is 90.9 Å². The Balaban J connectivity index is 3.02. The number of hydrogen-bond acceptors (Lipinski definition) is 6. The fraction of sp³-hybridized carbons (Fsp3) is 0.438. The van der Waals surface area contributed by atoms with Gasteiger partial charge in [0.2, 0.25) is 5.91 Å². The molecule has 8 heteroatoms. The normalized spacial score (nSPS) is 11.3. The highest BCUT2D eigenvalue weighted by Gasteiger charge is 2.23. The SMILES string of the molecule is CCOC(=O)C[C@@H](NC(=O)CC(=O)OC)c1cc(OC)ccc1Br. The molecule has 1 aromatic carbocycles. The highest BCUT2D eigenvalue weighted by molar-refractivity contribution is 9.10. The summed E-state index contributed by atoms with van der Waals surface area (Å²) in [5.74, 6) is -1.10. The summed E-state index contributed by atoms with van der Waals surface area (Å²) in [6, 6.07) is 4.52. The third kappa shape index (κ3) is 6.19. The number of ether oxygens (including phenoxy) is 3. The number of benzene rings is 1. The standard InChI is InChI=1S/C16H20BrNO6/c1-4-24-16(21)8-13(18-14(19)9-15(20)23-3)11-7-10(22-2)5-6-12(11)17/h5-7,13H,4,8-9H2,1-3H3,(H,18,19)/t13-/m1/s1. The number of amides is 1. The molecular weight excluding hydrogens is 382 g/mol. The molecule has 0 saturated carbocycles. The van der Waals surface area contributed by atoms with Crippen LogP contribution in [0.3, 0.4) is 0 Å². The Labute approximate surface area is 148 Å². The van der Waals surface area contributed by atoms with Crippen molar-refractivity contribution in [2.75, 3.05) is 20.8 Å². The fourth-order valence-corrected chi connectivity index (χ4v) is 2.51. The third-order valence-corrected chi connectivity index (χ3v) is 3.84. The first-order chi connectivity index (χ1) is 11.4. The number of hydrogen-bond donors (Lipinski definition) is 1. The van der Waals surface area contributed by atoms with Crippen LogP contribution in [0.15, 0.2) is 22.7 Å². The van der Waals surface area contributed by atoms with Gasteiger partial charge in [-0.05, 0) is 30.7 Å². The molecule has 0 bridgehead atoms. The second-order valence-electron chi connectivity index (χ2n) is 4.77. The van der Waals surface area contributed by atoms with Gasteiger partial charge in [0.25, 0.3) is 0 Å². The predicted octanol–water partition coefficient (Wildman–Crippen LogP) is 2.13. The molecule has 0 aliphatic heterocycles. The van der Waals surface area contributed by atoms with Gasteiger partial charge in [0.1, 0.15) is 12.2 Å². The number of carbonyl (C=O) groups excluding carboxylic acids is 3. The van der Waals surface area contributed by atoms with Gasteiger partial charge in [-0.25, -0.2) is 0 Å². The average molecular weight is 402 g/mol. The first-order valence-electron chi connectivity index (χ1n) is 7.26. The molecule has 0 aliphatic carbocycles. The van der Waals surface area contributed by atoms with E-state index in [-0.39, 0.29) is 13.0 Å². The molecule has 132 valence electrons. The first kappa shape index (κ1) is 20.0. The number of nitrogens with one attached hydrogen (secondary N) is 1. The van der Waals surface area contributed by atoms with E-state index in [1.54, 1.807) is 25.1 Å². The minimum atomic E-state index is -0.675. The van der Waals surface area contributed by atoms with Crippen LogP contribution in [0.4, 0.5) is 0 Å². The van der Waals surface area contributed by atoms with E-state index in [2.05, 4.69) is 26.0 Å². The molecule has 1 amide bonds. The van der Waals surface area contributed by atoms with E-state index in [4.69, 9.17) is 9.47 Å². The second kappa shape index (κ2) is 9.92. The summed E-state index contributed by atoms with van der Waals surface area (Å²) < 4.78 is 15.3. The van der Waals surface area contributed by atoms with Gasteiger partial charge in [0, 0.05) is 4.47 Å². The summed E-state index contributed by atoms with van der Waals surface area (Å²) in [5.41, 5.74) is 0.639. The lowest BCUT2D eigenvalue weighted by molar-refractivity contribution is -0.144. The number of carbonyl (C=O) groups is 3. The molecule has 0 fully saturated rings. The summed E-state index contributed by atoms with van der Waals surface area (Å²) in [6.45, 7) is 1.94. The fourth-order valence-electron chi connectivity index (χ4n) is 1.99. The van der Waals surface area contributed by atoms with Crippen molar-refractivity contribution < 1.29 is 28.6 Å². The van der Waals surface area contributed by atoms with Crippen molar-refractivity contribution in [1.29, 1.82) is 0 Å². The van der Waals surface area contributed by atoms with Crippen LogP contribution in [-0.4, -0.2) is 38.7 Å². The molecule has 0 spiro atoms. The lowest BCUT2D eigenvalue weighted by Gasteiger charge is -2.20. The summed E-state index contributed by atoms with van der Waals surface area (Å²) in [7, 11) is 2.72. The monoisotopic (exact) mass is 401 g/mol. The molecule has 1 N–H and O–H groups in total. The predicted molar refractivity (Wildman–Crippen MR) is 89.5 cm³/mol. The van der Waals surface area contributed by atoms with E-state index >= 15 is 0 Å². The Bertz CT molecular complexity index is 604. The first-order valence-corrected chi connectivity index (χ1v) is 8.05. The maximum atomic E-state index is 12.0. The molecule has 1 aromatic rings. The second-order valence-corrected chi connectivity index (χ2v) is 5.62. The van der Waals surface area contributed by atoms with E-state index in [1.807, 2.05) is 0 Å². The highest BCUT2D eigenvalue weighted by atomic mass is 79.9. The zero-order valence-corrected chi connectivity index (χ0v) is 15.3. The van der Waals surface area contributed by atoms with Crippen molar-refractivity contribution in [1.82, 2.24) is 5.32 Å². The summed E-state index contributed by atoms with van der Waals surface area (Å²) in [4.78, 5) is 35.1. The molecule has 0 radical (unpaired) electrons. The Kier molecular flexibility index (Phi) is 8.25. The summed E-state index contributed by atoms with van der Waals surface area (Å²) in [6.07, 6.45) is -0.510. The number of rotatable bonds is 8. The van der Waals surface area contributed by atoms with Crippen LogP contribution in [-0.2, 0) is 23.9 Å². The van der Waals surface area contributed by atoms with Gasteiger partial charge < -0.3 is 19.5 Å². The minimum Gasteiger partial charge on any atom is -0.497 e. The molecule has 0 aromatic heterocycles. The van der Waals surface area contributed by atoms with Crippen molar-refractivity contribution in [2.45, 2.75) is 25.8 Å². The molecule has 0 heterocycles. The molecule has 0 saturated heterocycles. The van der Waals surface area contributed by atoms with Crippen LogP contribution in [0, 0.1) is 0 Å². The van der Waals surface area contributed by atoms with Crippen LogP contribution in [0.5, 0.6) is 5.75 Å². The van der Waals surface area contributed by atoms with E-state index in [1.165, 1.54) is 14.2 Å². The Hall–Kier alpha value is -2.09. The molecule has 0 unspecified atom stereocenters. The van der Waals surface area contributed by atoms with E-state index in [0.29, 0.717) is 15.8 Å². The minimum absolute atomic E-state index is 0.0769. The van der Waals surface area contributed by atoms with Gasteiger partial charge in [0.05, 0.1) is 33.3 Å². The molecular formula is C16H20BrNO6. The van der Waals surface area contributed by atoms with Crippen LogP contribution in [0.2, 0.25) is 0 Å². The Morgan fingerprint density at radius 2 is 1.92 bits per heavy atom. The van der Waals surface area contributed by atoms with E-state index < -0.39 is 30.3 Å². The quantitative estimate of drug-likeness (QED) is 0.529. The highest BCUT2D eigenvalue weighted by Crippen LogP contribution is 2.30. The van der Waals surface area contributed by atoms with Crippen LogP contribution in [0.25, 0.3) is 0 Å². The van der Waals surface area contributed by atoms with Crippen molar-refractivity contribution in [3.8, 4) is 5.75 Å². The van der Waals surface area contributed by atoms with Gasteiger partial charge in [0.15, 0.2) is 0 Å².